The molecule has 0 aliphatic carbocycles. The van der Waals surface area contributed by atoms with Crippen LogP contribution < -0.4 is 0 Å². The maximum absolute atomic E-state index is 12.3. The highest BCUT2D eigenvalue weighted by atomic mass is 32.2. The first-order valence-corrected chi connectivity index (χ1v) is 8.71. The van der Waals surface area contributed by atoms with E-state index in [1.54, 1.807) is 34.9 Å². The Bertz CT molecular complexity index is 475. The number of rotatable bonds is 5. The Balaban J connectivity index is 1.91. The summed E-state index contributed by atoms with van der Waals surface area (Å²) < 4.78 is 0. The predicted octanol–water partition coefficient (Wildman–Crippen LogP) is 2.84. The first-order valence-electron chi connectivity index (χ1n) is 6.68. The van der Waals surface area contributed by atoms with Crippen LogP contribution in [0.1, 0.15) is 31.1 Å². The molecule has 1 aromatic rings. The summed E-state index contributed by atoms with van der Waals surface area (Å²) in [7, 11) is 0. The van der Waals surface area contributed by atoms with E-state index in [4.69, 9.17) is 0 Å². The molecule has 110 valence electrons. The van der Waals surface area contributed by atoms with Crippen LogP contribution in [0.4, 0.5) is 0 Å². The highest BCUT2D eigenvalue weighted by Gasteiger charge is 2.43. The third kappa shape index (κ3) is 3.35. The third-order valence-electron chi connectivity index (χ3n) is 3.70. The molecule has 0 radical (unpaired) electrons. The molecule has 1 amide bonds. The number of carboxylic acids is 1. The van der Waals surface area contributed by atoms with Crippen LogP contribution in [-0.4, -0.2) is 39.7 Å². The Kier molecular flexibility index (Phi) is 5.10. The van der Waals surface area contributed by atoms with Crippen LogP contribution in [0.25, 0.3) is 0 Å². The van der Waals surface area contributed by atoms with Crippen LogP contribution in [0.15, 0.2) is 17.5 Å². The van der Waals surface area contributed by atoms with Crippen molar-refractivity contribution in [1.82, 2.24) is 4.90 Å². The highest BCUT2D eigenvalue weighted by Crippen LogP contribution is 2.29. The maximum atomic E-state index is 12.3. The van der Waals surface area contributed by atoms with Gasteiger partial charge in [0.1, 0.15) is 5.54 Å². The lowest BCUT2D eigenvalue weighted by Gasteiger charge is -2.41. The van der Waals surface area contributed by atoms with Crippen LogP contribution in [0.2, 0.25) is 0 Å². The fraction of sp³-hybridized carbons (Fsp3) is 0.571. The van der Waals surface area contributed by atoms with Gasteiger partial charge in [-0.05, 0) is 37.6 Å². The zero-order chi connectivity index (χ0) is 14.6. The van der Waals surface area contributed by atoms with Gasteiger partial charge >= 0.3 is 5.97 Å². The van der Waals surface area contributed by atoms with Crippen LogP contribution >= 0.6 is 23.1 Å². The van der Waals surface area contributed by atoms with E-state index < -0.39 is 11.5 Å². The largest absolute Gasteiger partial charge is 0.480 e. The molecule has 1 aromatic heterocycles. The Morgan fingerprint density at radius 2 is 2.30 bits per heavy atom. The normalized spacial score (nSPS) is 22.8. The van der Waals surface area contributed by atoms with Gasteiger partial charge in [-0.2, -0.15) is 0 Å². The fourth-order valence-corrected chi connectivity index (χ4v) is 4.20. The van der Waals surface area contributed by atoms with Crippen molar-refractivity contribution in [2.24, 2.45) is 0 Å². The van der Waals surface area contributed by atoms with Crippen molar-refractivity contribution < 1.29 is 14.7 Å². The standard InChI is InChI=1S/C14H19NO3S2/c1-14(13(17)18)6-2-3-7-15(14)12(16)10-19-9-11-5-4-8-20-11/h4-5,8H,2-3,6-7,9-10H2,1H3,(H,17,18). The molecule has 1 saturated heterocycles. The van der Waals surface area contributed by atoms with Gasteiger partial charge < -0.3 is 10.0 Å². The van der Waals surface area contributed by atoms with Crippen LogP contribution in [-0.2, 0) is 15.3 Å². The van der Waals surface area contributed by atoms with Gasteiger partial charge in [-0.15, -0.1) is 23.1 Å². The fourth-order valence-electron chi connectivity index (χ4n) is 2.45. The maximum Gasteiger partial charge on any atom is 0.329 e. The molecule has 1 aliphatic rings. The minimum atomic E-state index is -1.03. The number of carbonyl (C=O) groups excluding carboxylic acids is 1. The molecule has 20 heavy (non-hydrogen) atoms. The Morgan fingerprint density at radius 3 is 2.95 bits per heavy atom. The van der Waals surface area contributed by atoms with Gasteiger partial charge in [0.2, 0.25) is 5.91 Å². The van der Waals surface area contributed by atoms with Crippen LogP contribution in [0.3, 0.4) is 0 Å². The summed E-state index contributed by atoms with van der Waals surface area (Å²) in [4.78, 5) is 26.5. The molecule has 1 unspecified atom stereocenters. The number of carbonyl (C=O) groups is 2. The van der Waals surface area contributed by atoms with E-state index in [1.165, 1.54) is 4.88 Å². The van der Waals surface area contributed by atoms with Gasteiger partial charge in [0, 0.05) is 17.2 Å². The summed E-state index contributed by atoms with van der Waals surface area (Å²) in [5.74, 6) is 0.201. The van der Waals surface area contributed by atoms with Gasteiger partial charge in [0.05, 0.1) is 5.75 Å². The van der Waals surface area contributed by atoms with E-state index in [0.29, 0.717) is 18.7 Å². The third-order valence-corrected chi connectivity index (χ3v) is 5.73. The van der Waals surface area contributed by atoms with E-state index >= 15 is 0 Å². The lowest BCUT2D eigenvalue weighted by molar-refractivity contribution is -0.159. The SMILES string of the molecule is CC1(C(=O)O)CCCCN1C(=O)CSCc1cccs1. The first kappa shape index (κ1) is 15.4. The van der Waals surface area contributed by atoms with Crippen molar-refractivity contribution in [3.8, 4) is 0 Å². The van der Waals surface area contributed by atoms with Crippen molar-refractivity contribution in [2.75, 3.05) is 12.3 Å². The Morgan fingerprint density at radius 1 is 1.50 bits per heavy atom. The number of aliphatic carboxylic acids is 1. The second kappa shape index (κ2) is 6.63. The van der Waals surface area contributed by atoms with Crippen molar-refractivity contribution in [3.05, 3.63) is 22.4 Å². The lowest BCUT2D eigenvalue weighted by Crippen LogP contribution is -2.58. The molecule has 6 heteroatoms. The molecule has 4 nitrogen and oxygen atoms in total. The Hall–Kier alpha value is -1.01. The minimum absolute atomic E-state index is 0.0591. The van der Waals surface area contributed by atoms with E-state index in [1.807, 2.05) is 17.5 Å². The van der Waals surface area contributed by atoms with Gasteiger partial charge in [-0.3, -0.25) is 4.79 Å². The zero-order valence-corrected chi connectivity index (χ0v) is 13.1. The molecular weight excluding hydrogens is 294 g/mol. The van der Waals surface area contributed by atoms with Crippen LogP contribution in [0, 0.1) is 0 Å². The number of amides is 1. The molecular formula is C14H19NO3S2. The summed E-state index contributed by atoms with van der Waals surface area (Å²) in [6.07, 6.45) is 2.31. The number of hydrogen-bond donors (Lipinski definition) is 1. The molecule has 1 N–H and O–H groups in total. The molecule has 1 atom stereocenters. The molecule has 2 rings (SSSR count). The quantitative estimate of drug-likeness (QED) is 0.908. The average Bonchev–Trinajstić information content (AvgIpc) is 2.92. The number of thioether (sulfide) groups is 1. The molecule has 0 saturated carbocycles. The van der Waals surface area contributed by atoms with Gasteiger partial charge in [-0.1, -0.05) is 6.07 Å². The number of thiophene rings is 1. The number of carboxylic acid groups (broad SMARTS) is 1. The summed E-state index contributed by atoms with van der Waals surface area (Å²) in [6, 6.07) is 4.04. The minimum Gasteiger partial charge on any atom is -0.480 e. The van der Waals surface area contributed by atoms with Crippen molar-refractivity contribution >= 4 is 35.0 Å². The molecule has 0 aromatic carbocycles. The number of piperidine rings is 1. The summed E-state index contributed by atoms with van der Waals surface area (Å²) >= 11 is 3.23. The topological polar surface area (TPSA) is 57.6 Å². The monoisotopic (exact) mass is 313 g/mol. The number of nitrogens with zero attached hydrogens (tertiary/aromatic N) is 1. The second-order valence-electron chi connectivity index (χ2n) is 5.15. The van der Waals surface area contributed by atoms with E-state index in [2.05, 4.69) is 0 Å². The highest BCUT2D eigenvalue weighted by molar-refractivity contribution is 7.99. The van der Waals surface area contributed by atoms with Crippen molar-refractivity contribution in [3.63, 3.8) is 0 Å². The Labute approximate surface area is 127 Å². The van der Waals surface area contributed by atoms with Crippen molar-refractivity contribution in [2.45, 2.75) is 37.5 Å². The van der Waals surface area contributed by atoms with Gasteiger partial charge in [0.25, 0.3) is 0 Å². The molecule has 2 heterocycles. The smallest absolute Gasteiger partial charge is 0.329 e. The van der Waals surface area contributed by atoms with E-state index in [0.717, 1.165) is 18.6 Å². The first-order chi connectivity index (χ1) is 9.54. The molecule has 0 spiro atoms. The molecule has 1 aliphatic heterocycles. The zero-order valence-electron chi connectivity index (χ0n) is 11.5. The van der Waals surface area contributed by atoms with E-state index in [9.17, 15) is 14.7 Å². The van der Waals surface area contributed by atoms with Gasteiger partial charge in [0.15, 0.2) is 0 Å². The number of hydrogen-bond acceptors (Lipinski definition) is 4. The molecule has 0 bridgehead atoms. The summed E-state index contributed by atoms with van der Waals surface area (Å²) in [5, 5.41) is 11.4. The summed E-state index contributed by atoms with van der Waals surface area (Å²) in [5.41, 5.74) is -1.03. The van der Waals surface area contributed by atoms with Crippen LogP contribution in [0.5, 0.6) is 0 Å². The predicted molar refractivity (Wildman–Crippen MR) is 82.1 cm³/mol. The average molecular weight is 313 g/mol. The van der Waals surface area contributed by atoms with E-state index in [-0.39, 0.29) is 5.91 Å². The second-order valence-corrected chi connectivity index (χ2v) is 7.17. The number of likely N-dealkylation sites (tertiary alicyclic amines) is 1. The van der Waals surface area contributed by atoms with Crippen molar-refractivity contribution in [1.29, 1.82) is 0 Å². The summed E-state index contributed by atoms with van der Waals surface area (Å²) in [6.45, 7) is 2.22. The van der Waals surface area contributed by atoms with Gasteiger partial charge in [-0.25, -0.2) is 4.79 Å². The molecule has 1 fully saturated rings. The lowest BCUT2D eigenvalue weighted by atomic mass is 9.88.